The summed E-state index contributed by atoms with van der Waals surface area (Å²) in [6.07, 6.45) is 8.50. The van der Waals surface area contributed by atoms with Crippen LogP contribution in [0.1, 0.15) is 45.4 Å². The first-order chi connectivity index (χ1) is 7.79. The fraction of sp³-hybridized carbons (Fsp3) is 1.00. The number of nitrogens with zero attached hydrogens (tertiary/aromatic N) is 1. The van der Waals surface area contributed by atoms with Gasteiger partial charge in [0, 0.05) is 19.1 Å². The Balaban J connectivity index is 1.69. The molecule has 16 heavy (non-hydrogen) atoms. The van der Waals surface area contributed by atoms with Gasteiger partial charge in [-0.05, 0) is 57.5 Å². The Hall–Kier alpha value is -0.0800. The summed E-state index contributed by atoms with van der Waals surface area (Å²) in [4.78, 5) is 2.58. The third-order valence-corrected chi connectivity index (χ3v) is 4.13. The Morgan fingerprint density at radius 3 is 2.62 bits per heavy atom. The average molecular weight is 224 g/mol. The number of hydrogen-bond donors (Lipinski definition) is 1. The molecule has 0 aliphatic heterocycles. The highest BCUT2D eigenvalue weighted by Gasteiger charge is 2.29. The van der Waals surface area contributed by atoms with Gasteiger partial charge in [0.05, 0.1) is 0 Å². The van der Waals surface area contributed by atoms with Gasteiger partial charge >= 0.3 is 0 Å². The zero-order valence-electron chi connectivity index (χ0n) is 11.0. The molecule has 2 aliphatic carbocycles. The number of rotatable bonds is 7. The van der Waals surface area contributed by atoms with Gasteiger partial charge in [-0.15, -0.1) is 0 Å². The molecule has 0 aromatic carbocycles. The quantitative estimate of drug-likeness (QED) is 0.715. The van der Waals surface area contributed by atoms with E-state index >= 15 is 0 Å². The standard InChI is InChI=1S/C14H28N2/c1-3-9-15-14-6-4-5-13(14)11-16(2)10-12-7-8-12/h12-15H,3-11H2,1-2H3. The van der Waals surface area contributed by atoms with E-state index in [1.807, 2.05) is 0 Å². The monoisotopic (exact) mass is 224 g/mol. The predicted octanol–water partition coefficient (Wildman–Crippen LogP) is 2.50. The Labute approximate surface area is 101 Å². The Kier molecular flexibility index (Phi) is 4.66. The van der Waals surface area contributed by atoms with Gasteiger partial charge in [-0.2, -0.15) is 0 Å². The minimum atomic E-state index is 0.807. The van der Waals surface area contributed by atoms with E-state index in [1.54, 1.807) is 0 Å². The van der Waals surface area contributed by atoms with E-state index in [4.69, 9.17) is 0 Å². The lowest BCUT2D eigenvalue weighted by Crippen LogP contribution is -2.39. The van der Waals surface area contributed by atoms with Crippen molar-refractivity contribution in [3.63, 3.8) is 0 Å². The molecule has 0 aromatic rings. The van der Waals surface area contributed by atoms with Crippen LogP contribution in [0.4, 0.5) is 0 Å². The van der Waals surface area contributed by atoms with Gasteiger partial charge in [0.25, 0.3) is 0 Å². The summed E-state index contributed by atoms with van der Waals surface area (Å²) in [5.41, 5.74) is 0. The third-order valence-electron chi connectivity index (χ3n) is 4.13. The second-order valence-electron chi connectivity index (χ2n) is 5.92. The zero-order chi connectivity index (χ0) is 11.4. The molecule has 0 amide bonds. The summed E-state index contributed by atoms with van der Waals surface area (Å²) in [5.74, 6) is 1.95. The highest BCUT2D eigenvalue weighted by atomic mass is 15.1. The van der Waals surface area contributed by atoms with E-state index in [2.05, 4.69) is 24.2 Å². The third kappa shape index (κ3) is 3.74. The van der Waals surface area contributed by atoms with Crippen LogP contribution in [-0.2, 0) is 0 Å². The van der Waals surface area contributed by atoms with Gasteiger partial charge in [0.2, 0.25) is 0 Å². The second kappa shape index (κ2) is 6.02. The molecule has 2 heteroatoms. The molecule has 0 radical (unpaired) electrons. The molecule has 2 atom stereocenters. The molecule has 2 aliphatic rings. The van der Waals surface area contributed by atoms with Crippen LogP contribution < -0.4 is 5.32 Å². The van der Waals surface area contributed by atoms with Crippen molar-refractivity contribution >= 4 is 0 Å². The maximum atomic E-state index is 3.73. The van der Waals surface area contributed by atoms with E-state index in [9.17, 15) is 0 Å². The molecule has 0 bridgehead atoms. The summed E-state index contributed by atoms with van der Waals surface area (Å²) in [5, 5.41) is 3.73. The molecule has 94 valence electrons. The fourth-order valence-corrected chi connectivity index (χ4v) is 3.07. The Morgan fingerprint density at radius 1 is 1.12 bits per heavy atom. The number of nitrogens with one attached hydrogen (secondary N) is 1. The molecule has 0 spiro atoms. The normalized spacial score (nSPS) is 30.2. The molecule has 0 heterocycles. The molecule has 2 nitrogen and oxygen atoms in total. The summed E-state index contributed by atoms with van der Waals surface area (Å²) >= 11 is 0. The highest BCUT2D eigenvalue weighted by Crippen LogP contribution is 2.31. The van der Waals surface area contributed by atoms with Crippen molar-refractivity contribution in [2.45, 2.75) is 51.5 Å². The molecule has 0 saturated heterocycles. The predicted molar refractivity (Wildman–Crippen MR) is 69.6 cm³/mol. The molecular weight excluding hydrogens is 196 g/mol. The summed E-state index contributed by atoms with van der Waals surface area (Å²) in [6.45, 7) is 6.12. The molecule has 0 aromatic heterocycles. The van der Waals surface area contributed by atoms with E-state index in [1.165, 1.54) is 58.2 Å². The SMILES string of the molecule is CCCNC1CCCC1CN(C)CC1CC1. The number of hydrogen-bond acceptors (Lipinski definition) is 2. The van der Waals surface area contributed by atoms with Crippen LogP contribution in [0.2, 0.25) is 0 Å². The van der Waals surface area contributed by atoms with E-state index in [-0.39, 0.29) is 0 Å². The summed E-state index contributed by atoms with van der Waals surface area (Å²) in [6, 6.07) is 0.807. The lowest BCUT2D eigenvalue weighted by atomic mass is 10.0. The maximum Gasteiger partial charge on any atom is 0.0107 e. The first-order valence-electron chi connectivity index (χ1n) is 7.21. The Bertz CT molecular complexity index is 201. The first kappa shape index (κ1) is 12.4. The largest absolute Gasteiger partial charge is 0.314 e. The van der Waals surface area contributed by atoms with E-state index in [0.717, 1.165) is 17.9 Å². The van der Waals surface area contributed by atoms with Crippen molar-refractivity contribution in [3.8, 4) is 0 Å². The maximum absolute atomic E-state index is 3.73. The molecule has 2 fully saturated rings. The second-order valence-corrected chi connectivity index (χ2v) is 5.92. The topological polar surface area (TPSA) is 15.3 Å². The van der Waals surface area contributed by atoms with Crippen LogP contribution in [-0.4, -0.2) is 37.6 Å². The zero-order valence-corrected chi connectivity index (χ0v) is 11.0. The van der Waals surface area contributed by atoms with Crippen LogP contribution in [0.25, 0.3) is 0 Å². The van der Waals surface area contributed by atoms with Crippen LogP contribution in [0, 0.1) is 11.8 Å². The molecule has 2 saturated carbocycles. The molecular formula is C14H28N2. The minimum absolute atomic E-state index is 0.807. The van der Waals surface area contributed by atoms with Crippen molar-refractivity contribution in [2.24, 2.45) is 11.8 Å². The van der Waals surface area contributed by atoms with Crippen LogP contribution >= 0.6 is 0 Å². The van der Waals surface area contributed by atoms with Crippen LogP contribution in [0.15, 0.2) is 0 Å². The average Bonchev–Trinajstić information content (AvgIpc) is 2.95. The van der Waals surface area contributed by atoms with Gasteiger partial charge < -0.3 is 10.2 Å². The molecule has 2 unspecified atom stereocenters. The van der Waals surface area contributed by atoms with Crippen molar-refractivity contribution in [2.75, 3.05) is 26.7 Å². The van der Waals surface area contributed by atoms with Gasteiger partial charge in [0.1, 0.15) is 0 Å². The fourth-order valence-electron chi connectivity index (χ4n) is 3.07. The van der Waals surface area contributed by atoms with E-state index in [0.29, 0.717) is 0 Å². The lowest BCUT2D eigenvalue weighted by molar-refractivity contribution is 0.244. The smallest absolute Gasteiger partial charge is 0.0107 e. The van der Waals surface area contributed by atoms with Gasteiger partial charge in [-0.3, -0.25) is 0 Å². The highest BCUT2D eigenvalue weighted by molar-refractivity contribution is 4.86. The Morgan fingerprint density at radius 2 is 1.94 bits per heavy atom. The van der Waals surface area contributed by atoms with Crippen molar-refractivity contribution in [1.82, 2.24) is 10.2 Å². The van der Waals surface area contributed by atoms with Crippen molar-refractivity contribution in [3.05, 3.63) is 0 Å². The molecule has 1 N–H and O–H groups in total. The van der Waals surface area contributed by atoms with Crippen molar-refractivity contribution in [1.29, 1.82) is 0 Å². The first-order valence-corrected chi connectivity index (χ1v) is 7.21. The van der Waals surface area contributed by atoms with Gasteiger partial charge in [-0.1, -0.05) is 13.3 Å². The van der Waals surface area contributed by atoms with Crippen LogP contribution in [0.5, 0.6) is 0 Å². The van der Waals surface area contributed by atoms with Crippen LogP contribution in [0.3, 0.4) is 0 Å². The summed E-state index contributed by atoms with van der Waals surface area (Å²) in [7, 11) is 2.31. The molecule has 2 rings (SSSR count). The lowest BCUT2D eigenvalue weighted by Gasteiger charge is -2.26. The van der Waals surface area contributed by atoms with Crippen molar-refractivity contribution < 1.29 is 0 Å². The van der Waals surface area contributed by atoms with Gasteiger partial charge in [0.15, 0.2) is 0 Å². The minimum Gasteiger partial charge on any atom is -0.314 e. The van der Waals surface area contributed by atoms with E-state index < -0.39 is 0 Å². The van der Waals surface area contributed by atoms with Gasteiger partial charge in [-0.25, -0.2) is 0 Å². The summed E-state index contributed by atoms with van der Waals surface area (Å²) < 4.78 is 0.